The Hall–Kier alpha value is -1.70. The molecule has 22 heavy (non-hydrogen) atoms. The lowest BCUT2D eigenvalue weighted by Crippen LogP contribution is -2.26. The summed E-state index contributed by atoms with van der Waals surface area (Å²) in [6.45, 7) is 4.43. The third kappa shape index (κ3) is 3.37. The highest BCUT2D eigenvalue weighted by atomic mass is 32.1. The maximum atomic E-state index is 9.02. The van der Waals surface area contributed by atoms with Crippen molar-refractivity contribution in [3.8, 4) is 6.07 Å². The number of piperidine rings is 1. The molecule has 1 N–H and O–H groups in total. The third-order valence-corrected chi connectivity index (χ3v) is 5.49. The molecule has 1 fully saturated rings. The molecule has 2 aromatic rings. The summed E-state index contributed by atoms with van der Waals surface area (Å²) in [5.74, 6) is 0.674. The first kappa shape index (κ1) is 15.2. The molecular formula is C18H21N3S. The average molecular weight is 311 g/mol. The van der Waals surface area contributed by atoms with Gasteiger partial charge < -0.3 is 5.32 Å². The lowest BCUT2D eigenvalue weighted by atomic mass is 9.95. The Morgan fingerprint density at radius 1 is 1.36 bits per heavy atom. The molecule has 2 heterocycles. The molecule has 114 valence electrons. The van der Waals surface area contributed by atoms with Crippen molar-refractivity contribution in [1.82, 2.24) is 10.3 Å². The van der Waals surface area contributed by atoms with Crippen LogP contribution in [0.5, 0.6) is 0 Å². The molecule has 0 aliphatic carbocycles. The van der Waals surface area contributed by atoms with E-state index in [1.807, 2.05) is 29.5 Å². The minimum Gasteiger partial charge on any atom is -0.317 e. The summed E-state index contributed by atoms with van der Waals surface area (Å²) in [7, 11) is 0. The minimum atomic E-state index is 0.674. The van der Waals surface area contributed by atoms with Gasteiger partial charge in [-0.15, -0.1) is 11.3 Å². The smallest absolute Gasteiger partial charge is 0.0991 e. The van der Waals surface area contributed by atoms with Gasteiger partial charge in [-0.2, -0.15) is 5.26 Å². The molecule has 0 bridgehead atoms. The minimum absolute atomic E-state index is 0.674. The van der Waals surface area contributed by atoms with Crippen molar-refractivity contribution in [2.45, 2.75) is 38.5 Å². The number of nitrogens with one attached hydrogen (secondary N) is 1. The highest BCUT2D eigenvalue weighted by Gasteiger charge is 2.21. The van der Waals surface area contributed by atoms with Gasteiger partial charge in [0.05, 0.1) is 22.3 Å². The van der Waals surface area contributed by atoms with Gasteiger partial charge in [-0.3, -0.25) is 0 Å². The van der Waals surface area contributed by atoms with Crippen molar-refractivity contribution >= 4 is 11.3 Å². The van der Waals surface area contributed by atoms with Crippen molar-refractivity contribution in [3.63, 3.8) is 0 Å². The first-order valence-electron chi connectivity index (χ1n) is 7.98. The highest BCUT2D eigenvalue weighted by molar-refractivity contribution is 7.11. The predicted molar refractivity (Wildman–Crippen MR) is 90.3 cm³/mol. The number of aryl methyl sites for hydroxylation is 1. The SMILES string of the molecule is CCc1nc(Cc2cccc(C#N)c2)sc1C1CCNCC1. The number of nitriles is 1. The van der Waals surface area contributed by atoms with Crippen LogP contribution in [-0.4, -0.2) is 18.1 Å². The van der Waals surface area contributed by atoms with E-state index in [-0.39, 0.29) is 0 Å². The van der Waals surface area contributed by atoms with Crippen LogP contribution in [0.2, 0.25) is 0 Å². The van der Waals surface area contributed by atoms with Crippen LogP contribution >= 0.6 is 11.3 Å². The molecule has 1 aromatic heterocycles. The van der Waals surface area contributed by atoms with Gasteiger partial charge in [-0.1, -0.05) is 19.1 Å². The van der Waals surface area contributed by atoms with Gasteiger partial charge in [0.15, 0.2) is 0 Å². The molecule has 0 unspecified atom stereocenters. The molecule has 1 saturated heterocycles. The lowest BCUT2D eigenvalue weighted by molar-refractivity contribution is 0.463. The summed E-state index contributed by atoms with van der Waals surface area (Å²) in [4.78, 5) is 6.37. The third-order valence-electron chi connectivity index (χ3n) is 4.23. The van der Waals surface area contributed by atoms with Crippen LogP contribution in [0.1, 0.15) is 52.4 Å². The zero-order chi connectivity index (χ0) is 15.4. The van der Waals surface area contributed by atoms with Crippen LogP contribution in [0.25, 0.3) is 0 Å². The molecule has 0 radical (unpaired) electrons. The molecule has 0 saturated carbocycles. The number of rotatable bonds is 4. The number of thiazole rings is 1. The van der Waals surface area contributed by atoms with E-state index in [4.69, 9.17) is 10.2 Å². The molecule has 4 heteroatoms. The summed E-state index contributed by atoms with van der Waals surface area (Å²) in [6, 6.07) is 10.1. The standard InChI is InChI=1S/C18H21N3S/c1-2-16-18(15-6-8-20-9-7-15)22-17(21-16)11-13-4-3-5-14(10-13)12-19/h3-5,10,15,20H,2,6-9,11H2,1H3. The first-order valence-corrected chi connectivity index (χ1v) is 8.80. The van der Waals surface area contributed by atoms with Crippen LogP contribution in [-0.2, 0) is 12.8 Å². The quantitative estimate of drug-likeness (QED) is 0.938. The van der Waals surface area contributed by atoms with Crippen LogP contribution in [0.15, 0.2) is 24.3 Å². The molecule has 0 spiro atoms. The summed E-state index contributed by atoms with van der Waals surface area (Å²) < 4.78 is 0. The molecule has 3 nitrogen and oxygen atoms in total. The molecule has 1 aromatic carbocycles. The number of hydrogen-bond acceptors (Lipinski definition) is 4. The molecule has 3 rings (SSSR count). The molecule has 1 aliphatic rings. The zero-order valence-electron chi connectivity index (χ0n) is 12.9. The van der Waals surface area contributed by atoms with Crippen molar-refractivity contribution < 1.29 is 0 Å². The summed E-state index contributed by atoms with van der Waals surface area (Å²) in [5, 5.41) is 13.6. The highest BCUT2D eigenvalue weighted by Crippen LogP contribution is 2.34. The second-order valence-electron chi connectivity index (χ2n) is 5.79. The fourth-order valence-electron chi connectivity index (χ4n) is 3.07. The number of aromatic nitrogens is 1. The maximum Gasteiger partial charge on any atom is 0.0991 e. The van der Waals surface area contributed by atoms with Crippen molar-refractivity contribution in [1.29, 1.82) is 5.26 Å². The van der Waals surface area contributed by atoms with Crippen LogP contribution in [0.3, 0.4) is 0 Å². The van der Waals surface area contributed by atoms with Gasteiger partial charge in [0.2, 0.25) is 0 Å². The first-order chi connectivity index (χ1) is 10.8. The van der Waals surface area contributed by atoms with Gasteiger partial charge in [0.25, 0.3) is 0 Å². The van der Waals surface area contributed by atoms with Crippen LogP contribution in [0.4, 0.5) is 0 Å². The van der Waals surface area contributed by atoms with E-state index in [1.54, 1.807) is 0 Å². The molecular weight excluding hydrogens is 290 g/mol. The van der Waals surface area contributed by atoms with E-state index in [0.717, 1.165) is 31.5 Å². The van der Waals surface area contributed by atoms with Gasteiger partial charge in [0, 0.05) is 11.3 Å². The Kier molecular flexibility index (Phi) is 4.87. The summed E-state index contributed by atoms with van der Waals surface area (Å²) in [5.41, 5.74) is 3.18. The van der Waals surface area contributed by atoms with Gasteiger partial charge >= 0.3 is 0 Å². The van der Waals surface area contributed by atoms with Crippen LogP contribution in [0, 0.1) is 11.3 Å². The van der Waals surface area contributed by atoms with Gasteiger partial charge in [0.1, 0.15) is 0 Å². The Morgan fingerprint density at radius 2 is 2.18 bits per heavy atom. The zero-order valence-corrected chi connectivity index (χ0v) is 13.7. The number of hydrogen-bond donors (Lipinski definition) is 1. The van der Waals surface area contributed by atoms with E-state index in [9.17, 15) is 0 Å². The predicted octanol–water partition coefficient (Wildman–Crippen LogP) is 3.63. The maximum absolute atomic E-state index is 9.02. The monoisotopic (exact) mass is 311 g/mol. The van der Waals surface area contributed by atoms with E-state index in [0.29, 0.717) is 5.92 Å². The Bertz CT molecular complexity index is 678. The molecule has 0 amide bonds. The Morgan fingerprint density at radius 3 is 2.91 bits per heavy atom. The fourth-order valence-corrected chi connectivity index (χ4v) is 4.43. The largest absolute Gasteiger partial charge is 0.317 e. The fraction of sp³-hybridized carbons (Fsp3) is 0.444. The Balaban J connectivity index is 1.82. The Labute approximate surface area is 136 Å². The van der Waals surface area contributed by atoms with Gasteiger partial charge in [-0.25, -0.2) is 4.98 Å². The topological polar surface area (TPSA) is 48.7 Å². The number of nitrogens with zero attached hydrogens (tertiary/aromatic N) is 2. The van der Waals surface area contributed by atoms with Crippen molar-refractivity contribution in [2.75, 3.05) is 13.1 Å². The lowest BCUT2D eigenvalue weighted by Gasteiger charge is -2.22. The summed E-state index contributed by atoms with van der Waals surface area (Å²) in [6.07, 6.45) is 4.28. The summed E-state index contributed by atoms with van der Waals surface area (Å²) >= 11 is 1.88. The van der Waals surface area contributed by atoms with Crippen molar-refractivity contribution in [2.24, 2.45) is 0 Å². The van der Waals surface area contributed by atoms with Crippen LogP contribution < -0.4 is 5.32 Å². The second-order valence-corrected chi connectivity index (χ2v) is 6.90. The average Bonchev–Trinajstić information content (AvgIpc) is 2.98. The van der Waals surface area contributed by atoms with E-state index >= 15 is 0 Å². The molecule has 0 atom stereocenters. The van der Waals surface area contributed by atoms with E-state index < -0.39 is 0 Å². The van der Waals surface area contributed by atoms with Crippen molar-refractivity contribution in [3.05, 3.63) is 51.0 Å². The molecule has 1 aliphatic heterocycles. The van der Waals surface area contributed by atoms with Gasteiger partial charge in [-0.05, 0) is 56.0 Å². The second kappa shape index (κ2) is 7.04. The van der Waals surface area contributed by atoms with E-state index in [2.05, 4.69) is 24.4 Å². The van der Waals surface area contributed by atoms with E-state index in [1.165, 1.54) is 34.0 Å². The number of benzene rings is 1. The normalized spacial score (nSPS) is 15.6.